The normalized spacial score (nSPS) is 8.76. The highest BCUT2D eigenvalue weighted by molar-refractivity contribution is 5.85. The predicted molar refractivity (Wildman–Crippen MR) is 70.9 cm³/mol. The molecule has 0 saturated carbocycles. The van der Waals surface area contributed by atoms with Crippen molar-refractivity contribution in [3.63, 3.8) is 0 Å². The van der Waals surface area contributed by atoms with Gasteiger partial charge in [0, 0.05) is 12.1 Å². The molecule has 0 spiro atoms. The lowest BCUT2D eigenvalue weighted by molar-refractivity contribution is 0.471. The summed E-state index contributed by atoms with van der Waals surface area (Å²) in [6.07, 6.45) is 4.68. The van der Waals surface area contributed by atoms with E-state index < -0.39 is 0 Å². The van der Waals surface area contributed by atoms with E-state index in [1.165, 1.54) is 6.33 Å². The van der Waals surface area contributed by atoms with Gasteiger partial charge in [-0.05, 0) is 6.07 Å². The smallest absolute Gasteiger partial charge is 0.164 e. The van der Waals surface area contributed by atoms with Gasteiger partial charge in [-0.3, -0.25) is 0 Å². The number of hydrogen-bond acceptors (Lipinski definition) is 4. The fourth-order valence-electron chi connectivity index (χ4n) is 1.24. The van der Waals surface area contributed by atoms with Crippen molar-refractivity contribution >= 4 is 24.8 Å². The number of benzene rings is 1. The first-order chi connectivity index (χ1) is 7.40. The fraction of sp³-hybridized carbons (Fsp3) is 0.0909. The number of nitrogens with two attached hydrogens (primary N) is 1. The van der Waals surface area contributed by atoms with Crippen molar-refractivity contribution < 1.29 is 4.74 Å². The van der Waals surface area contributed by atoms with Crippen molar-refractivity contribution in [2.45, 2.75) is 6.54 Å². The molecule has 0 atom stereocenters. The topological polar surface area (TPSA) is 61.0 Å². The quantitative estimate of drug-likeness (QED) is 0.934. The molecule has 2 N–H and O–H groups in total. The van der Waals surface area contributed by atoms with Crippen LogP contribution in [-0.2, 0) is 6.54 Å². The van der Waals surface area contributed by atoms with Gasteiger partial charge in [0.2, 0.25) is 0 Å². The van der Waals surface area contributed by atoms with Crippen molar-refractivity contribution in [1.29, 1.82) is 0 Å². The molecule has 0 unspecified atom stereocenters. The second kappa shape index (κ2) is 7.84. The van der Waals surface area contributed by atoms with Gasteiger partial charge in [0.25, 0.3) is 0 Å². The average Bonchev–Trinajstić information content (AvgIpc) is 2.31. The predicted octanol–water partition coefficient (Wildman–Crippen LogP) is 2.57. The molecule has 1 heterocycles. The number of para-hydroxylation sites is 1. The summed E-state index contributed by atoms with van der Waals surface area (Å²) in [4.78, 5) is 7.74. The van der Waals surface area contributed by atoms with Gasteiger partial charge in [-0.25, -0.2) is 9.97 Å². The molecular formula is C11H13Cl2N3O. The van der Waals surface area contributed by atoms with Crippen LogP contribution in [0.5, 0.6) is 11.5 Å². The summed E-state index contributed by atoms with van der Waals surface area (Å²) in [6.45, 7) is 0.448. The molecule has 0 aliphatic heterocycles. The molecule has 0 bridgehead atoms. The molecule has 4 nitrogen and oxygen atoms in total. The molecule has 2 aromatic rings. The van der Waals surface area contributed by atoms with E-state index >= 15 is 0 Å². The summed E-state index contributed by atoms with van der Waals surface area (Å²) in [5.74, 6) is 1.35. The van der Waals surface area contributed by atoms with Gasteiger partial charge in [0.1, 0.15) is 12.1 Å². The number of aromatic nitrogens is 2. The second-order valence-corrected chi connectivity index (χ2v) is 2.99. The fourth-order valence-corrected chi connectivity index (χ4v) is 1.24. The maximum atomic E-state index is 5.60. The molecule has 0 saturated heterocycles. The van der Waals surface area contributed by atoms with Gasteiger partial charge in [0.05, 0.1) is 12.4 Å². The van der Waals surface area contributed by atoms with E-state index in [9.17, 15) is 0 Å². The number of nitrogens with zero attached hydrogens (tertiary/aromatic N) is 2. The van der Waals surface area contributed by atoms with E-state index in [0.717, 1.165) is 11.3 Å². The Morgan fingerprint density at radius 2 is 1.71 bits per heavy atom. The molecule has 0 amide bonds. The highest BCUT2D eigenvalue weighted by atomic mass is 35.5. The third-order valence-corrected chi connectivity index (χ3v) is 1.96. The molecule has 17 heavy (non-hydrogen) atoms. The zero-order valence-corrected chi connectivity index (χ0v) is 10.6. The molecular weight excluding hydrogens is 261 g/mol. The number of ether oxygens (including phenoxy) is 1. The van der Waals surface area contributed by atoms with Gasteiger partial charge in [-0.2, -0.15) is 0 Å². The van der Waals surface area contributed by atoms with Crippen molar-refractivity contribution in [2.75, 3.05) is 0 Å². The Labute approximate surface area is 112 Å². The summed E-state index contributed by atoms with van der Waals surface area (Å²) in [5, 5.41) is 0. The Kier molecular flexibility index (Phi) is 7.21. The number of rotatable bonds is 3. The maximum absolute atomic E-state index is 5.60. The van der Waals surface area contributed by atoms with Crippen LogP contribution in [0.15, 0.2) is 43.0 Å². The first-order valence-electron chi connectivity index (χ1n) is 4.61. The zero-order valence-electron chi connectivity index (χ0n) is 8.95. The van der Waals surface area contributed by atoms with Crippen LogP contribution in [-0.4, -0.2) is 9.97 Å². The van der Waals surface area contributed by atoms with Gasteiger partial charge in [0.15, 0.2) is 5.75 Å². The van der Waals surface area contributed by atoms with Crippen LogP contribution in [0.4, 0.5) is 0 Å². The van der Waals surface area contributed by atoms with E-state index in [-0.39, 0.29) is 24.8 Å². The molecule has 0 fully saturated rings. The molecule has 6 heteroatoms. The van der Waals surface area contributed by atoms with Crippen LogP contribution in [0, 0.1) is 0 Å². The highest BCUT2D eigenvalue weighted by Gasteiger charge is 2.02. The van der Waals surface area contributed by atoms with Crippen molar-refractivity contribution in [3.05, 3.63) is 48.5 Å². The first kappa shape index (κ1) is 15.6. The van der Waals surface area contributed by atoms with E-state index in [1.54, 1.807) is 12.4 Å². The molecule has 92 valence electrons. The van der Waals surface area contributed by atoms with E-state index in [1.807, 2.05) is 24.3 Å². The van der Waals surface area contributed by atoms with Gasteiger partial charge < -0.3 is 10.5 Å². The SMILES string of the molecule is Cl.Cl.NCc1ccccc1Oc1cncnc1. The lowest BCUT2D eigenvalue weighted by Crippen LogP contribution is -1.99. The summed E-state index contributed by atoms with van der Waals surface area (Å²) in [5.41, 5.74) is 6.55. The minimum Gasteiger partial charge on any atom is -0.454 e. The number of halogens is 2. The average molecular weight is 274 g/mol. The largest absolute Gasteiger partial charge is 0.454 e. The van der Waals surface area contributed by atoms with Crippen molar-refractivity contribution in [3.8, 4) is 11.5 Å². The van der Waals surface area contributed by atoms with Crippen LogP contribution in [0.1, 0.15) is 5.56 Å². The van der Waals surface area contributed by atoms with E-state index in [2.05, 4.69) is 9.97 Å². The van der Waals surface area contributed by atoms with Gasteiger partial charge in [-0.15, -0.1) is 24.8 Å². The Bertz CT molecular complexity index is 440. The molecule has 0 aliphatic carbocycles. The van der Waals surface area contributed by atoms with Crippen LogP contribution >= 0.6 is 24.8 Å². The van der Waals surface area contributed by atoms with Gasteiger partial charge in [-0.1, -0.05) is 18.2 Å². The lowest BCUT2D eigenvalue weighted by atomic mass is 10.2. The molecule has 2 rings (SSSR count). The second-order valence-electron chi connectivity index (χ2n) is 2.99. The van der Waals surface area contributed by atoms with Gasteiger partial charge >= 0.3 is 0 Å². The third-order valence-electron chi connectivity index (χ3n) is 1.96. The summed E-state index contributed by atoms with van der Waals surface area (Å²) in [7, 11) is 0. The van der Waals surface area contributed by atoms with Crippen LogP contribution < -0.4 is 10.5 Å². The third kappa shape index (κ3) is 4.19. The summed E-state index contributed by atoms with van der Waals surface area (Å²) in [6, 6.07) is 7.63. The zero-order chi connectivity index (χ0) is 10.5. The van der Waals surface area contributed by atoms with Crippen molar-refractivity contribution in [1.82, 2.24) is 9.97 Å². The molecule has 0 radical (unpaired) electrons. The highest BCUT2D eigenvalue weighted by Crippen LogP contribution is 2.23. The van der Waals surface area contributed by atoms with Crippen molar-refractivity contribution in [2.24, 2.45) is 5.73 Å². The minimum absolute atomic E-state index is 0. The summed E-state index contributed by atoms with van der Waals surface area (Å²) >= 11 is 0. The molecule has 1 aromatic carbocycles. The standard InChI is InChI=1S/C11H11N3O.2ClH/c12-5-9-3-1-2-4-11(9)15-10-6-13-8-14-7-10;;/h1-4,6-8H,5,12H2;2*1H. The Balaban J connectivity index is 0.00000128. The lowest BCUT2D eigenvalue weighted by Gasteiger charge is -2.08. The Hall–Kier alpha value is -1.36. The summed E-state index contributed by atoms with van der Waals surface area (Å²) < 4.78 is 5.60. The maximum Gasteiger partial charge on any atom is 0.164 e. The molecule has 0 aliphatic rings. The number of hydrogen-bond donors (Lipinski definition) is 1. The Morgan fingerprint density at radius 1 is 1.06 bits per heavy atom. The van der Waals surface area contributed by atoms with Crippen LogP contribution in [0.2, 0.25) is 0 Å². The van der Waals surface area contributed by atoms with E-state index in [4.69, 9.17) is 10.5 Å². The van der Waals surface area contributed by atoms with Crippen LogP contribution in [0.3, 0.4) is 0 Å². The Morgan fingerprint density at radius 3 is 2.35 bits per heavy atom. The molecule has 1 aromatic heterocycles. The van der Waals surface area contributed by atoms with E-state index in [0.29, 0.717) is 12.3 Å². The monoisotopic (exact) mass is 273 g/mol. The first-order valence-corrected chi connectivity index (χ1v) is 4.61. The van der Waals surface area contributed by atoms with Crippen LogP contribution in [0.25, 0.3) is 0 Å². The minimum atomic E-state index is 0.